The van der Waals surface area contributed by atoms with Crippen molar-refractivity contribution >= 4 is 23.9 Å². The van der Waals surface area contributed by atoms with Gasteiger partial charge in [0.05, 0.1) is 0 Å². The van der Waals surface area contributed by atoms with Crippen LogP contribution in [0, 0.1) is 5.82 Å². The Morgan fingerprint density at radius 1 is 1.29 bits per heavy atom. The van der Waals surface area contributed by atoms with Gasteiger partial charge >= 0.3 is 12.1 Å². The van der Waals surface area contributed by atoms with Gasteiger partial charge in [-0.1, -0.05) is 0 Å². The van der Waals surface area contributed by atoms with Crippen molar-refractivity contribution in [2.45, 2.75) is 44.4 Å². The summed E-state index contributed by atoms with van der Waals surface area (Å²) in [4.78, 5) is 48.3. The number of ether oxygens (including phenoxy) is 2. The smallest absolute Gasteiger partial charge is 0.426 e. The lowest BCUT2D eigenvalue weighted by molar-refractivity contribution is -0.133. The Hall–Kier alpha value is -3.37. The van der Waals surface area contributed by atoms with E-state index < -0.39 is 47.0 Å². The van der Waals surface area contributed by atoms with Crippen molar-refractivity contribution in [2.75, 3.05) is 0 Å². The Kier molecular flexibility index (Phi) is 4.61. The maximum absolute atomic E-state index is 13.7. The van der Waals surface area contributed by atoms with Gasteiger partial charge in [-0.2, -0.15) is 0 Å². The quantitative estimate of drug-likeness (QED) is 0.406. The van der Waals surface area contributed by atoms with Crippen LogP contribution in [0.25, 0.3) is 0 Å². The molecule has 1 fully saturated rings. The number of halogens is 1. The summed E-state index contributed by atoms with van der Waals surface area (Å²) in [5.41, 5.74) is 1.88. The Bertz CT molecular complexity index is 868. The van der Waals surface area contributed by atoms with Gasteiger partial charge in [0, 0.05) is 12.0 Å². The van der Waals surface area contributed by atoms with Crippen LogP contribution in [0.2, 0.25) is 0 Å². The van der Waals surface area contributed by atoms with Gasteiger partial charge in [0.15, 0.2) is 11.6 Å². The third-order valence-electron chi connectivity index (χ3n) is 4.08. The van der Waals surface area contributed by atoms with E-state index in [2.05, 4.69) is 21.5 Å². The average Bonchev–Trinajstić information content (AvgIpc) is 2.85. The summed E-state index contributed by atoms with van der Waals surface area (Å²) in [5.74, 6) is -2.09. The average molecular weight is 394 g/mol. The summed E-state index contributed by atoms with van der Waals surface area (Å²) in [6.45, 7) is 4.96. The van der Waals surface area contributed by atoms with E-state index in [9.17, 15) is 23.6 Å². The number of amides is 5. The maximum atomic E-state index is 13.7. The first-order valence-corrected chi connectivity index (χ1v) is 8.39. The number of rotatable bonds is 1. The Morgan fingerprint density at radius 2 is 2.00 bits per heavy atom. The molecular formula is C17H19FN4O6. The third-order valence-corrected chi connectivity index (χ3v) is 4.08. The van der Waals surface area contributed by atoms with E-state index in [0.29, 0.717) is 0 Å². The molecule has 2 heterocycles. The second kappa shape index (κ2) is 6.66. The van der Waals surface area contributed by atoms with E-state index in [0.717, 1.165) is 12.1 Å². The van der Waals surface area contributed by atoms with Gasteiger partial charge in [0.1, 0.15) is 17.2 Å². The molecule has 28 heavy (non-hydrogen) atoms. The van der Waals surface area contributed by atoms with E-state index in [4.69, 9.17) is 9.47 Å². The molecule has 5 amide bonds. The van der Waals surface area contributed by atoms with Gasteiger partial charge < -0.3 is 14.8 Å². The van der Waals surface area contributed by atoms with E-state index in [1.165, 1.54) is 6.07 Å². The molecule has 2 aliphatic rings. The standard InChI is InChI=1S/C17H19FN4O6/c1-16(2,3)28-15(26)22-21-12(23)11-7-17(13(24)19-14(25)20-17)9-6-8(18)4-5-10(9)27-11/h4-6,11H,7H2,1-3H3,(H,21,23)(H,22,26)(H2,19,20,24,25)/t11-,17-/m0/s1. The normalized spacial score (nSPS) is 23.2. The largest absolute Gasteiger partial charge is 0.480 e. The lowest BCUT2D eigenvalue weighted by Crippen LogP contribution is -2.56. The van der Waals surface area contributed by atoms with Crippen LogP contribution in [0.5, 0.6) is 5.75 Å². The van der Waals surface area contributed by atoms with Gasteiger partial charge in [-0.15, -0.1) is 0 Å². The summed E-state index contributed by atoms with van der Waals surface area (Å²) in [7, 11) is 0. The van der Waals surface area contributed by atoms with Crippen molar-refractivity contribution in [3.63, 3.8) is 0 Å². The monoisotopic (exact) mass is 394 g/mol. The SMILES string of the molecule is CC(C)(C)OC(=O)NNC(=O)[C@@H]1C[C@]2(NC(=O)NC2=O)c2cc(F)ccc2O1. The molecule has 0 radical (unpaired) electrons. The molecule has 0 bridgehead atoms. The van der Waals surface area contributed by atoms with Crippen LogP contribution < -0.4 is 26.2 Å². The van der Waals surface area contributed by atoms with Gasteiger partial charge in [-0.3, -0.25) is 20.3 Å². The van der Waals surface area contributed by atoms with Gasteiger partial charge in [0.25, 0.3) is 11.8 Å². The van der Waals surface area contributed by atoms with Crippen molar-refractivity contribution in [3.8, 4) is 5.75 Å². The summed E-state index contributed by atoms with van der Waals surface area (Å²) in [6, 6.07) is 2.65. The number of carbonyl (C=O) groups is 4. The van der Waals surface area contributed by atoms with E-state index >= 15 is 0 Å². The van der Waals surface area contributed by atoms with Gasteiger partial charge in [-0.05, 0) is 39.0 Å². The third kappa shape index (κ3) is 3.68. The molecule has 0 saturated carbocycles. The molecule has 0 aliphatic carbocycles. The van der Waals surface area contributed by atoms with Crippen LogP contribution in [-0.4, -0.2) is 35.6 Å². The molecule has 0 aromatic heterocycles. The molecule has 150 valence electrons. The van der Waals surface area contributed by atoms with Crippen molar-refractivity contribution < 1.29 is 33.0 Å². The van der Waals surface area contributed by atoms with E-state index in [1.807, 2.05) is 0 Å². The fourth-order valence-corrected chi connectivity index (χ4v) is 2.99. The summed E-state index contributed by atoms with van der Waals surface area (Å²) >= 11 is 0. The molecule has 0 unspecified atom stereocenters. The van der Waals surface area contributed by atoms with Crippen LogP contribution in [-0.2, 0) is 19.9 Å². The fraction of sp³-hybridized carbons (Fsp3) is 0.412. The number of nitrogens with one attached hydrogen (secondary N) is 4. The highest BCUT2D eigenvalue weighted by Gasteiger charge is 2.54. The zero-order valence-corrected chi connectivity index (χ0v) is 15.3. The zero-order valence-electron chi connectivity index (χ0n) is 15.3. The molecule has 3 rings (SSSR count). The second-order valence-corrected chi connectivity index (χ2v) is 7.38. The van der Waals surface area contributed by atoms with E-state index in [1.54, 1.807) is 20.8 Å². The number of imide groups is 1. The van der Waals surface area contributed by atoms with Crippen LogP contribution in [0.15, 0.2) is 18.2 Å². The molecule has 2 atom stereocenters. The number of hydrogen-bond acceptors (Lipinski definition) is 6. The van der Waals surface area contributed by atoms with Crippen LogP contribution in [0.3, 0.4) is 0 Å². The minimum atomic E-state index is -1.67. The maximum Gasteiger partial charge on any atom is 0.426 e. The van der Waals surface area contributed by atoms with Gasteiger partial charge in [0.2, 0.25) is 0 Å². The molecule has 1 spiro atoms. The van der Waals surface area contributed by atoms with Crippen LogP contribution >= 0.6 is 0 Å². The summed E-state index contributed by atoms with van der Waals surface area (Å²) in [6.07, 6.45) is -2.44. The number of hydrazine groups is 1. The summed E-state index contributed by atoms with van der Waals surface area (Å²) in [5, 5.41) is 4.53. The lowest BCUT2D eigenvalue weighted by atomic mass is 9.81. The minimum absolute atomic E-state index is 0.0578. The first-order chi connectivity index (χ1) is 13.0. The number of hydrogen-bond donors (Lipinski definition) is 4. The highest BCUT2D eigenvalue weighted by molar-refractivity contribution is 6.08. The van der Waals surface area contributed by atoms with Crippen LogP contribution in [0.1, 0.15) is 32.8 Å². The Morgan fingerprint density at radius 3 is 2.61 bits per heavy atom. The van der Waals surface area contributed by atoms with Crippen molar-refractivity contribution in [2.24, 2.45) is 0 Å². The molecule has 1 aromatic carbocycles. The number of benzene rings is 1. The summed E-state index contributed by atoms with van der Waals surface area (Å²) < 4.78 is 24.3. The molecular weight excluding hydrogens is 375 g/mol. The second-order valence-electron chi connectivity index (χ2n) is 7.38. The topological polar surface area (TPSA) is 135 Å². The predicted octanol–water partition coefficient (Wildman–Crippen LogP) is 0.567. The Balaban J connectivity index is 1.80. The number of carbonyl (C=O) groups excluding carboxylic acids is 4. The molecule has 4 N–H and O–H groups in total. The predicted molar refractivity (Wildman–Crippen MR) is 91.3 cm³/mol. The molecule has 2 aliphatic heterocycles. The zero-order chi connectivity index (χ0) is 20.7. The Labute approximate surface area is 159 Å². The first-order valence-electron chi connectivity index (χ1n) is 8.39. The van der Waals surface area contributed by atoms with E-state index in [-0.39, 0.29) is 17.7 Å². The number of urea groups is 1. The number of fused-ring (bicyclic) bond motifs is 2. The van der Waals surface area contributed by atoms with Crippen molar-refractivity contribution in [1.82, 2.24) is 21.5 Å². The fourth-order valence-electron chi connectivity index (χ4n) is 2.99. The molecule has 1 saturated heterocycles. The lowest BCUT2D eigenvalue weighted by Gasteiger charge is -2.36. The van der Waals surface area contributed by atoms with Crippen molar-refractivity contribution in [3.05, 3.63) is 29.6 Å². The molecule has 10 nitrogen and oxygen atoms in total. The van der Waals surface area contributed by atoms with Gasteiger partial charge in [-0.25, -0.2) is 19.4 Å². The highest BCUT2D eigenvalue weighted by Crippen LogP contribution is 2.41. The first kappa shape index (κ1) is 19.4. The molecule has 1 aromatic rings. The highest BCUT2D eigenvalue weighted by atomic mass is 19.1. The van der Waals surface area contributed by atoms with Crippen molar-refractivity contribution in [1.29, 1.82) is 0 Å². The minimum Gasteiger partial charge on any atom is -0.480 e. The molecule has 11 heteroatoms. The van der Waals surface area contributed by atoms with Crippen LogP contribution in [0.4, 0.5) is 14.0 Å².